The van der Waals surface area contributed by atoms with E-state index in [2.05, 4.69) is 0 Å². The van der Waals surface area contributed by atoms with E-state index >= 15 is 0 Å². The van der Waals surface area contributed by atoms with Crippen LogP contribution in [0, 0.1) is 0 Å². The van der Waals surface area contributed by atoms with Gasteiger partial charge in [0.25, 0.3) is 0 Å². The second kappa shape index (κ2) is 6.90. The quantitative estimate of drug-likeness (QED) is 0.418. The van der Waals surface area contributed by atoms with E-state index < -0.39 is 0 Å². The monoisotopic (exact) mass is 354 g/mol. The summed E-state index contributed by atoms with van der Waals surface area (Å²) in [6.45, 7) is 2.89. The minimum absolute atomic E-state index is 0.299. The van der Waals surface area contributed by atoms with Crippen molar-refractivity contribution >= 4 is 11.9 Å². The highest BCUT2D eigenvalue weighted by atomic mass is 16.5. The molecule has 3 aliphatic carbocycles. The average molecular weight is 354 g/mol. The SMILES string of the molecule is CC(=O)Oc1ccc(OC(C)=O)c2c1[C@H]1CCCCC1=C1CCCC[C@@H]12. The van der Waals surface area contributed by atoms with Gasteiger partial charge in [0.2, 0.25) is 0 Å². The molecule has 0 bridgehead atoms. The highest BCUT2D eigenvalue weighted by Gasteiger charge is 2.40. The third-order valence-corrected chi connectivity index (χ3v) is 6.04. The normalized spacial score (nSPS) is 24.2. The Bertz CT molecular complexity index is 725. The molecule has 0 spiro atoms. The second-order valence-corrected chi connectivity index (χ2v) is 7.72. The molecule has 2 saturated carbocycles. The van der Waals surface area contributed by atoms with Crippen molar-refractivity contribution in [2.45, 2.75) is 77.0 Å². The van der Waals surface area contributed by atoms with Gasteiger partial charge in [0.1, 0.15) is 11.5 Å². The van der Waals surface area contributed by atoms with Crippen LogP contribution in [0.1, 0.15) is 88.2 Å². The van der Waals surface area contributed by atoms with E-state index in [4.69, 9.17) is 9.47 Å². The molecule has 0 aromatic heterocycles. The van der Waals surface area contributed by atoms with Crippen molar-refractivity contribution in [3.05, 3.63) is 34.4 Å². The summed E-state index contributed by atoms with van der Waals surface area (Å²) in [5, 5.41) is 0. The van der Waals surface area contributed by atoms with Gasteiger partial charge in [-0.05, 0) is 50.7 Å². The lowest BCUT2D eigenvalue weighted by atomic mass is 9.63. The highest BCUT2D eigenvalue weighted by molar-refractivity contribution is 5.74. The van der Waals surface area contributed by atoms with E-state index in [-0.39, 0.29) is 11.9 Å². The lowest BCUT2D eigenvalue weighted by Crippen LogP contribution is -2.26. The van der Waals surface area contributed by atoms with Gasteiger partial charge in [0.15, 0.2) is 0 Å². The van der Waals surface area contributed by atoms with Crippen molar-refractivity contribution in [3.8, 4) is 11.5 Å². The lowest BCUT2D eigenvalue weighted by molar-refractivity contribution is -0.133. The molecule has 0 radical (unpaired) electrons. The summed E-state index contributed by atoms with van der Waals surface area (Å²) in [7, 11) is 0. The Balaban J connectivity index is 1.93. The van der Waals surface area contributed by atoms with Crippen molar-refractivity contribution in [1.29, 1.82) is 0 Å². The molecule has 2 atom stereocenters. The molecule has 4 nitrogen and oxygen atoms in total. The number of rotatable bonds is 2. The van der Waals surface area contributed by atoms with Crippen LogP contribution in [-0.4, -0.2) is 11.9 Å². The molecular weight excluding hydrogens is 328 g/mol. The van der Waals surface area contributed by atoms with Gasteiger partial charge >= 0.3 is 11.9 Å². The molecule has 0 N–H and O–H groups in total. The Labute approximate surface area is 154 Å². The van der Waals surface area contributed by atoms with Gasteiger partial charge in [-0.3, -0.25) is 9.59 Å². The molecule has 1 aromatic rings. The summed E-state index contributed by atoms with van der Waals surface area (Å²) in [5.41, 5.74) is 5.34. The fourth-order valence-corrected chi connectivity index (χ4v) is 5.23. The Morgan fingerprint density at radius 2 is 1.19 bits per heavy atom. The number of esters is 2. The van der Waals surface area contributed by atoms with Crippen LogP contribution in [0.3, 0.4) is 0 Å². The van der Waals surface area contributed by atoms with Crippen LogP contribution < -0.4 is 9.47 Å². The first-order chi connectivity index (χ1) is 12.6. The van der Waals surface area contributed by atoms with Gasteiger partial charge in [-0.2, -0.15) is 0 Å². The maximum atomic E-state index is 11.7. The molecule has 0 aliphatic heterocycles. The van der Waals surface area contributed by atoms with Crippen molar-refractivity contribution in [3.63, 3.8) is 0 Å². The molecule has 138 valence electrons. The predicted molar refractivity (Wildman–Crippen MR) is 98.5 cm³/mol. The smallest absolute Gasteiger partial charge is 0.308 e. The van der Waals surface area contributed by atoms with E-state index in [0.717, 1.165) is 36.8 Å². The number of carbonyl (C=O) groups is 2. The number of carbonyl (C=O) groups excluding carboxylic acids is 2. The van der Waals surface area contributed by atoms with E-state index in [0.29, 0.717) is 23.3 Å². The molecule has 4 heteroatoms. The first-order valence-electron chi connectivity index (χ1n) is 9.81. The summed E-state index contributed by atoms with van der Waals surface area (Å²) in [6, 6.07) is 3.61. The Hall–Kier alpha value is -2.10. The van der Waals surface area contributed by atoms with Gasteiger partial charge in [-0.25, -0.2) is 0 Å². The number of allylic oxidation sites excluding steroid dienone is 2. The highest BCUT2D eigenvalue weighted by Crippen LogP contribution is 2.57. The number of hydrogen-bond donors (Lipinski definition) is 0. The van der Waals surface area contributed by atoms with Crippen molar-refractivity contribution in [1.82, 2.24) is 0 Å². The summed E-state index contributed by atoms with van der Waals surface area (Å²) >= 11 is 0. The Morgan fingerprint density at radius 3 is 1.58 bits per heavy atom. The number of benzene rings is 1. The van der Waals surface area contributed by atoms with E-state index in [1.54, 1.807) is 23.3 Å². The molecule has 3 aliphatic rings. The molecule has 0 heterocycles. The first-order valence-corrected chi connectivity index (χ1v) is 9.81. The molecule has 0 saturated heterocycles. The molecule has 1 aromatic carbocycles. The number of hydrogen-bond acceptors (Lipinski definition) is 4. The van der Waals surface area contributed by atoms with Gasteiger partial charge in [0, 0.05) is 36.8 Å². The Kier molecular flexibility index (Phi) is 4.60. The summed E-state index contributed by atoms with van der Waals surface area (Å²) in [6.07, 6.45) is 9.30. The molecule has 0 unspecified atom stereocenters. The second-order valence-electron chi connectivity index (χ2n) is 7.72. The van der Waals surface area contributed by atoms with Crippen LogP contribution in [0.25, 0.3) is 0 Å². The van der Waals surface area contributed by atoms with Crippen molar-refractivity contribution in [2.75, 3.05) is 0 Å². The third kappa shape index (κ3) is 2.95. The van der Waals surface area contributed by atoms with Crippen LogP contribution in [0.15, 0.2) is 23.3 Å². The minimum atomic E-state index is -0.303. The van der Waals surface area contributed by atoms with Crippen LogP contribution in [-0.2, 0) is 9.59 Å². The number of ether oxygens (including phenoxy) is 2. The Morgan fingerprint density at radius 1 is 0.769 bits per heavy atom. The minimum Gasteiger partial charge on any atom is -0.426 e. The summed E-state index contributed by atoms with van der Waals surface area (Å²) in [4.78, 5) is 23.4. The topological polar surface area (TPSA) is 52.6 Å². The zero-order valence-electron chi connectivity index (χ0n) is 15.6. The van der Waals surface area contributed by atoms with Crippen molar-refractivity contribution < 1.29 is 19.1 Å². The zero-order chi connectivity index (χ0) is 18.3. The largest absolute Gasteiger partial charge is 0.426 e. The summed E-state index contributed by atoms with van der Waals surface area (Å²) < 4.78 is 11.2. The van der Waals surface area contributed by atoms with Crippen molar-refractivity contribution in [2.24, 2.45) is 0 Å². The third-order valence-electron chi connectivity index (χ3n) is 6.04. The van der Waals surface area contributed by atoms with Crippen LogP contribution in [0.4, 0.5) is 0 Å². The maximum absolute atomic E-state index is 11.7. The predicted octanol–water partition coefficient (Wildman–Crippen LogP) is 5.16. The molecule has 4 rings (SSSR count). The zero-order valence-corrected chi connectivity index (χ0v) is 15.6. The lowest BCUT2D eigenvalue weighted by Gasteiger charge is -2.42. The van der Waals surface area contributed by atoms with Gasteiger partial charge in [0.05, 0.1) is 0 Å². The average Bonchev–Trinajstić information content (AvgIpc) is 2.62. The van der Waals surface area contributed by atoms with Gasteiger partial charge in [-0.15, -0.1) is 0 Å². The fraction of sp³-hybridized carbons (Fsp3) is 0.545. The standard InChI is InChI=1S/C22H26O4/c1-13(23)25-19-11-12-20(26-14(2)24)22-18-10-6-4-8-16(18)15-7-3-5-9-17(15)21(19)22/h11-12,17-18H,3-10H2,1-2H3/t17-,18-/m0/s1. The van der Waals surface area contributed by atoms with Gasteiger partial charge in [-0.1, -0.05) is 24.0 Å². The summed E-state index contributed by atoms with van der Waals surface area (Å²) in [5.74, 6) is 1.29. The van der Waals surface area contributed by atoms with E-state index in [9.17, 15) is 9.59 Å². The van der Waals surface area contributed by atoms with Crippen LogP contribution >= 0.6 is 0 Å². The fourth-order valence-electron chi connectivity index (χ4n) is 5.23. The van der Waals surface area contributed by atoms with Crippen LogP contribution in [0.2, 0.25) is 0 Å². The number of fused-ring (bicyclic) bond motifs is 5. The molecular formula is C22H26O4. The maximum Gasteiger partial charge on any atom is 0.308 e. The van der Waals surface area contributed by atoms with Crippen LogP contribution in [0.5, 0.6) is 11.5 Å². The van der Waals surface area contributed by atoms with Gasteiger partial charge < -0.3 is 9.47 Å². The van der Waals surface area contributed by atoms with E-state index in [1.807, 2.05) is 0 Å². The first kappa shape index (κ1) is 17.3. The van der Waals surface area contributed by atoms with E-state index in [1.165, 1.54) is 39.5 Å². The molecule has 26 heavy (non-hydrogen) atoms. The molecule has 2 fully saturated rings. The molecule has 0 amide bonds.